The van der Waals surface area contributed by atoms with Gasteiger partial charge in [0.15, 0.2) is 0 Å². The molecule has 1 aromatic carbocycles. The summed E-state index contributed by atoms with van der Waals surface area (Å²) < 4.78 is 0. The van der Waals surface area contributed by atoms with E-state index in [0.717, 1.165) is 43.0 Å². The average molecular weight is 347 g/mol. The smallest absolute Gasteiger partial charge is 0.270 e. The summed E-state index contributed by atoms with van der Waals surface area (Å²) in [6.45, 7) is 3.48. The van der Waals surface area contributed by atoms with Crippen molar-refractivity contribution in [2.75, 3.05) is 23.3 Å². The average Bonchev–Trinajstić information content (AvgIpc) is 3.00. The fourth-order valence-corrected chi connectivity index (χ4v) is 3.33. The number of piperidine rings is 1. The lowest BCUT2D eigenvalue weighted by molar-refractivity contribution is -0.384. The number of rotatable bonds is 4. The SMILES string of the molecule is Cc1nnc(NC(=O)c2cc([N+](=O)[O-])ccc2N2CCCCC2)s1. The van der Waals surface area contributed by atoms with Crippen molar-refractivity contribution < 1.29 is 9.72 Å². The first-order chi connectivity index (χ1) is 11.5. The lowest BCUT2D eigenvalue weighted by atomic mass is 10.1. The van der Waals surface area contributed by atoms with Gasteiger partial charge >= 0.3 is 0 Å². The third-order valence-corrected chi connectivity index (χ3v) is 4.63. The fourth-order valence-electron chi connectivity index (χ4n) is 2.74. The zero-order valence-corrected chi connectivity index (χ0v) is 14.0. The van der Waals surface area contributed by atoms with Gasteiger partial charge in [0.25, 0.3) is 11.6 Å². The molecule has 24 heavy (non-hydrogen) atoms. The standard InChI is InChI=1S/C15H17N5O3S/c1-10-17-18-15(24-10)16-14(21)12-9-11(20(22)23)5-6-13(12)19-7-3-2-4-8-19/h5-6,9H,2-4,7-8H2,1H3,(H,16,18,21). The first-order valence-electron chi connectivity index (χ1n) is 7.69. The highest BCUT2D eigenvalue weighted by Crippen LogP contribution is 2.29. The lowest BCUT2D eigenvalue weighted by Gasteiger charge is -2.30. The molecule has 1 aliphatic heterocycles. The molecular formula is C15H17N5O3S. The first kappa shape index (κ1) is 16.3. The highest BCUT2D eigenvalue weighted by Gasteiger charge is 2.22. The van der Waals surface area contributed by atoms with Gasteiger partial charge < -0.3 is 4.90 Å². The van der Waals surface area contributed by atoms with Crippen LogP contribution in [0.1, 0.15) is 34.6 Å². The Morgan fingerprint density at radius 3 is 2.67 bits per heavy atom. The topological polar surface area (TPSA) is 101 Å². The van der Waals surface area contributed by atoms with E-state index in [0.29, 0.717) is 10.7 Å². The molecule has 1 fully saturated rings. The van der Waals surface area contributed by atoms with Crippen molar-refractivity contribution in [1.82, 2.24) is 10.2 Å². The van der Waals surface area contributed by atoms with Crippen molar-refractivity contribution in [2.24, 2.45) is 0 Å². The van der Waals surface area contributed by atoms with Gasteiger partial charge in [-0.05, 0) is 32.3 Å². The molecule has 1 saturated heterocycles. The summed E-state index contributed by atoms with van der Waals surface area (Å²) in [5.41, 5.74) is 0.910. The molecule has 0 saturated carbocycles. The van der Waals surface area contributed by atoms with Crippen LogP contribution in [0, 0.1) is 17.0 Å². The number of nitro benzene ring substituents is 1. The van der Waals surface area contributed by atoms with Gasteiger partial charge in [0.2, 0.25) is 5.13 Å². The van der Waals surface area contributed by atoms with Gasteiger partial charge in [-0.25, -0.2) is 0 Å². The maximum atomic E-state index is 12.6. The molecule has 0 bridgehead atoms. The molecule has 3 rings (SSSR count). The van der Waals surface area contributed by atoms with Crippen LogP contribution in [0.4, 0.5) is 16.5 Å². The maximum absolute atomic E-state index is 12.6. The number of aromatic nitrogens is 2. The fraction of sp³-hybridized carbons (Fsp3) is 0.400. The van der Waals surface area contributed by atoms with Crippen LogP contribution < -0.4 is 10.2 Å². The minimum absolute atomic E-state index is 0.102. The third-order valence-electron chi connectivity index (χ3n) is 3.88. The van der Waals surface area contributed by atoms with E-state index >= 15 is 0 Å². The molecule has 0 atom stereocenters. The summed E-state index contributed by atoms with van der Waals surface area (Å²) in [5, 5.41) is 22.6. The molecule has 0 aliphatic carbocycles. The number of hydrogen-bond donors (Lipinski definition) is 1. The molecule has 1 amide bonds. The molecule has 1 aliphatic rings. The third kappa shape index (κ3) is 3.51. The van der Waals surface area contributed by atoms with E-state index in [1.807, 2.05) is 0 Å². The molecule has 1 aromatic heterocycles. The van der Waals surface area contributed by atoms with Crippen LogP contribution in [0.15, 0.2) is 18.2 Å². The first-order valence-corrected chi connectivity index (χ1v) is 8.51. The minimum atomic E-state index is -0.494. The zero-order valence-electron chi connectivity index (χ0n) is 13.2. The number of non-ortho nitro benzene ring substituents is 1. The Hall–Kier alpha value is -2.55. The quantitative estimate of drug-likeness (QED) is 0.674. The number of carbonyl (C=O) groups is 1. The number of nitrogens with one attached hydrogen (secondary N) is 1. The van der Waals surface area contributed by atoms with Gasteiger partial charge in [-0.3, -0.25) is 20.2 Å². The summed E-state index contributed by atoms with van der Waals surface area (Å²) in [4.78, 5) is 25.3. The van der Waals surface area contributed by atoms with E-state index in [4.69, 9.17) is 0 Å². The van der Waals surface area contributed by atoms with E-state index in [1.165, 1.54) is 23.5 Å². The lowest BCUT2D eigenvalue weighted by Crippen LogP contribution is -2.31. The Balaban J connectivity index is 1.93. The number of anilines is 2. The van der Waals surface area contributed by atoms with Crippen LogP contribution in [0.25, 0.3) is 0 Å². The summed E-state index contributed by atoms with van der Waals surface area (Å²) >= 11 is 1.26. The van der Waals surface area contributed by atoms with Crippen molar-refractivity contribution in [3.05, 3.63) is 38.9 Å². The van der Waals surface area contributed by atoms with Crippen molar-refractivity contribution in [2.45, 2.75) is 26.2 Å². The van der Waals surface area contributed by atoms with Crippen LogP contribution in [0.5, 0.6) is 0 Å². The molecule has 2 heterocycles. The molecule has 0 radical (unpaired) electrons. The number of nitrogens with zero attached hydrogens (tertiary/aromatic N) is 4. The Bertz CT molecular complexity index is 770. The van der Waals surface area contributed by atoms with Crippen molar-refractivity contribution in [3.8, 4) is 0 Å². The second kappa shape index (κ2) is 6.91. The van der Waals surface area contributed by atoms with Gasteiger partial charge in [0.1, 0.15) is 5.01 Å². The van der Waals surface area contributed by atoms with Crippen LogP contribution in [0.2, 0.25) is 0 Å². The second-order valence-electron chi connectivity index (χ2n) is 5.59. The summed E-state index contributed by atoms with van der Waals surface area (Å²) in [7, 11) is 0. The Morgan fingerprint density at radius 2 is 2.04 bits per heavy atom. The van der Waals surface area contributed by atoms with E-state index in [1.54, 1.807) is 13.0 Å². The summed E-state index contributed by atoms with van der Waals surface area (Å²) in [5.74, 6) is -0.407. The molecule has 2 aromatic rings. The number of carbonyl (C=O) groups excluding carboxylic acids is 1. The van der Waals surface area contributed by atoms with E-state index in [9.17, 15) is 14.9 Å². The van der Waals surface area contributed by atoms with Gasteiger partial charge in [0.05, 0.1) is 16.2 Å². The highest BCUT2D eigenvalue weighted by molar-refractivity contribution is 7.15. The number of aryl methyl sites for hydroxylation is 1. The highest BCUT2D eigenvalue weighted by atomic mass is 32.1. The number of hydrogen-bond acceptors (Lipinski definition) is 7. The van der Waals surface area contributed by atoms with Crippen molar-refractivity contribution in [1.29, 1.82) is 0 Å². The van der Waals surface area contributed by atoms with Gasteiger partial charge in [-0.15, -0.1) is 10.2 Å². The van der Waals surface area contributed by atoms with Gasteiger partial charge in [-0.1, -0.05) is 11.3 Å². The largest absolute Gasteiger partial charge is 0.371 e. The molecule has 0 spiro atoms. The summed E-state index contributed by atoms with van der Waals surface area (Å²) in [6.07, 6.45) is 3.26. The minimum Gasteiger partial charge on any atom is -0.371 e. The summed E-state index contributed by atoms with van der Waals surface area (Å²) in [6, 6.07) is 4.42. The second-order valence-corrected chi connectivity index (χ2v) is 6.77. The van der Waals surface area contributed by atoms with Crippen molar-refractivity contribution >= 4 is 33.8 Å². The molecule has 0 unspecified atom stereocenters. The molecule has 126 valence electrons. The monoisotopic (exact) mass is 347 g/mol. The molecule has 8 nitrogen and oxygen atoms in total. The number of nitro groups is 1. The van der Waals surface area contributed by atoms with Gasteiger partial charge in [-0.2, -0.15) is 0 Å². The van der Waals surface area contributed by atoms with Crippen LogP contribution >= 0.6 is 11.3 Å². The van der Waals surface area contributed by atoms with Crippen LogP contribution in [-0.2, 0) is 0 Å². The van der Waals surface area contributed by atoms with E-state index in [-0.39, 0.29) is 5.69 Å². The predicted octanol–water partition coefficient (Wildman–Crippen LogP) is 3.00. The Labute approximate surface area is 142 Å². The van der Waals surface area contributed by atoms with E-state index < -0.39 is 10.8 Å². The van der Waals surface area contributed by atoms with Gasteiger partial charge in [0, 0.05) is 25.2 Å². The number of benzene rings is 1. The zero-order chi connectivity index (χ0) is 17.1. The molecular weight excluding hydrogens is 330 g/mol. The predicted molar refractivity (Wildman–Crippen MR) is 91.8 cm³/mol. The maximum Gasteiger partial charge on any atom is 0.270 e. The molecule has 9 heteroatoms. The van der Waals surface area contributed by atoms with Crippen molar-refractivity contribution in [3.63, 3.8) is 0 Å². The Kier molecular flexibility index (Phi) is 4.70. The number of amides is 1. The normalized spacial score (nSPS) is 14.5. The van der Waals surface area contributed by atoms with Crippen LogP contribution in [0.3, 0.4) is 0 Å². The molecule has 1 N–H and O–H groups in total. The Morgan fingerprint density at radius 1 is 1.29 bits per heavy atom. The van der Waals surface area contributed by atoms with Crippen LogP contribution in [-0.4, -0.2) is 34.1 Å². The van der Waals surface area contributed by atoms with E-state index in [2.05, 4.69) is 20.4 Å².